The molecule has 1 heterocycles. The highest BCUT2D eigenvalue weighted by molar-refractivity contribution is 5.40. The van der Waals surface area contributed by atoms with Gasteiger partial charge in [-0.2, -0.15) is 5.10 Å². The van der Waals surface area contributed by atoms with Crippen LogP contribution in [0, 0.1) is 0 Å². The van der Waals surface area contributed by atoms with Crippen molar-refractivity contribution in [3.63, 3.8) is 0 Å². The summed E-state index contributed by atoms with van der Waals surface area (Å²) in [4.78, 5) is 0. The lowest BCUT2D eigenvalue weighted by Gasteiger charge is -2.20. The van der Waals surface area contributed by atoms with Gasteiger partial charge in [0.25, 0.3) is 0 Å². The van der Waals surface area contributed by atoms with Gasteiger partial charge >= 0.3 is 0 Å². The molecule has 1 atom stereocenters. The SMILES string of the molecule is CCCNC(c1cnn(CC)c1)c1ccccc1OC. The third kappa shape index (κ3) is 3.20. The average Bonchev–Trinajstić information content (AvgIpc) is 2.97. The lowest BCUT2D eigenvalue weighted by molar-refractivity contribution is 0.404. The zero-order valence-corrected chi connectivity index (χ0v) is 12.5. The highest BCUT2D eigenvalue weighted by Crippen LogP contribution is 2.29. The van der Waals surface area contributed by atoms with Crippen molar-refractivity contribution < 1.29 is 4.74 Å². The Kier molecular flexibility index (Phi) is 5.18. The van der Waals surface area contributed by atoms with Gasteiger partial charge in [0.2, 0.25) is 0 Å². The number of hydrogen-bond acceptors (Lipinski definition) is 3. The standard InChI is InChI=1S/C16H23N3O/c1-4-10-17-16(13-11-18-19(5-2)12-13)14-8-6-7-9-15(14)20-3/h6-9,11-12,16-17H,4-5,10H2,1-3H3. The summed E-state index contributed by atoms with van der Waals surface area (Å²) in [5.74, 6) is 0.908. The second kappa shape index (κ2) is 7.10. The zero-order valence-electron chi connectivity index (χ0n) is 12.5. The average molecular weight is 273 g/mol. The van der Waals surface area contributed by atoms with Crippen LogP contribution in [0.3, 0.4) is 0 Å². The summed E-state index contributed by atoms with van der Waals surface area (Å²) in [5, 5.41) is 7.96. The molecule has 0 bridgehead atoms. The molecule has 108 valence electrons. The number of aryl methyl sites for hydroxylation is 1. The van der Waals surface area contributed by atoms with Crippen LogP contribution in [0.25, 0.3) is 0 Å². The van der Waals surface area contributed by atoms with Crippen LogP contribution >= 0.6 is 0 Å². The van der Waals surface area contributed by atoms with Gasteiger partial charge < -0.3 is 10.1 Å². The van der Waals surface area contributed by atoms with Crippen LogP contribution in [0.4, 0.5) is 0 Å². The number of ether oxygens (including phenoxy) is 1. The summed E-state index contributed by atoms with van der Waals surface area (Å²) >= 11 is 0. The minimum Gasteiger partial charge on any atom is -0.496 e. The van der Waals surface area contributed by atoms with Crippen molar-refractivity contribution >= 4 is 0 Å². The molecule has 0 saturated carbocycles. The Hall–Kier alpha value is -1.81. The maximum Gasteiger partial charge on any atom is 0.123 e. The first-order valence-corrected chi connectivity index (χ1v) is 7.18. The highest BCUT2D eigenvalue weighted by Gasteiger charge is 2.18. The highest BCUT2D eigenvalue weighted by atomic mass is 16.5. The molecular formula is C16H23N3O. The van der Waals surface area contributed by atoms with Gasteiger partial charge in [-0.15, -0.1) is 0 Å². The van der Waals surface area contributed by atoms with Gasteiger partial charge in [0.1, 0.15) is 5.75 Å². The van der Waals surface area contributed by atoms with Crippen molar-refractivity contribution in [3.05, 3.63) is 47.8 Å². The van der Waals surface area contributed by atoms with Gasteiger partial charge in [0.15, 0.2) is 0 Å². The van der Waals surface area contributed by atoms with Gasteiger partial charge in [-0.25, -0.2) is 0 Å². The molecule has 0 radical (unpaired) electrons. The third-order valence-corrected chi connectivity index (χ3v) is 3.36. The van der Waals surface area contributed by atoms with Crippen molar-refractivity contribution in [2.45, 2.75) is 32.9 Å². The lowest BCUT2D eigenvalue weighted by atomic mass is 10.0. The second-order valence-corrected chi connectivity index (χ2v) is 4.76. The van der Waals surface area contributed by atoms with Crippen LogP contribution in [0.2, 0.25) is 0 Å². The van der Waals surface area contributed by atoms with Gasteiger partial charge in [-0.3, -0.25) is 4.68 Å². The topological polar surface area (TPSA) is 39.1 Å². The molecule has 0 aliphatic rings. The summed E-state index contributed by atoms with van der Waals surface area (Å²) in [5.41, 5.74) is 2.32. The van der Waals surface area contributed by atoms with E-state index in [0.29, 0.717) is 0 Å². The fourth-order valence-corrected chi connectivity index (χ4v) is 2.30. The Morgan fingerprint density at radius 1 is 1.30 bits per heavy atom. The minimum atomic E-state index is 0.117. The van der Waals surface area contributed by atoms with Crippen LogP contribution < -0.4 is 10.1 Å². The van der Waals surface area contributed by atoms with Crippen molar-refractivity contribution in [3.8, 4) is 5.75 Å². The van der Waals surface area contributed by atoms with Crippen molar-refractivity contribution in [2.24, 2.45) is 0 Å². The number of hydrogen-bond donors (Lipinski definition) is 1. The number of aromatic nitrogens is 2. The maximum atomic E-state index is 5.49. The molecule has 2 aromatic rings. The van der Waals surface area contributed by atoms with E-state index in [4.69, 9.17) is 4.74 Å². The molecule has 1 aromatic carbocycles. The minimum absolute atomic E-state index is 0.117. The first kappa shape index (κ1) is 14.6. The first-order chi connectivity index (χ1) is 9.80. The predicted octanol–water partition coefficient (Wildman–Crippen LogP) is 3.00. The normalized spacial score (nSPS) is 12.3. The van der Waals surface area contributed by atoms with Gasteiger partial charge in [-0.05, 0) is 26.0 Å². The number of rotatable bonds is 7. The van der Waals surface area contributed by atoms with Crippen LogP contribution in [-0.4, -0.2) is 23.4 Å². The summed E-state index contributed by atoms with van der Waals surface area (Å²) in [6.07, 6.45) is 5.12. The van der Waals surface area contributed by atoms with Crippen LogP contribution in [0.5, 0.6) is 5.75 Å². The molecule has 0 spiro atoms. The van der Waals surface area contributed by atoms with Gasteiger partial charge in [0, 0.05) is 23.9 Å². The largest absolute Gasteiger partial charge is 0.496 e. The molecule has 0 fully saturated rings. The molecule has 20 heavy (non-hydrogen) atoms. The Morgan fingerprint density at radius 2 is 2.10 bits per heavy atom. The van der Waals surface area contributed by atoms with E-state index in [2.05, 4.69) is 36.5 Å². The number of benzene rings is 1. The molecule has 0 saturated heterocycles. The number of nitrogens with one attached hydrogen (secondary N) is 1. The van der Waals surface area contributed by atoms with E-state index in [0.717, 1.165) is 30.8 Å². The molecule has 2 rings (SSSR count). The summed E-state index contributed by atoms with van der Waals surface area (Å²) < 4.78 is 7.44. The molecule has 0 aliphatic heterocycles. The van der Waals surface area contributed by atoms with Gasteiger partial charge in [0.05, 0.1) is 19.3 Å². The van der Waals surface area contributed by atoms with E-state index in [1.807, 2.05) is 29.1 Å². The van der Waals surface area contributed by atoms with E-state index in [-0.39, 0.29) is 6.04 Å². The number of methoxy groups -OCH3 is 1. The Labute approximate surface area is 120 Å². The Morgan fingerprint density at radius 3 is 2.75 bits per heavy atom. The summed E-state index contributed by atoms with van der Waals surface area (Å²) in [6, 6.07) is 8.26. The lowest BCUT2D eigenvalue weighted by Crippen LogP contribution is -2.23. The fraction of sp³-hybridized carbons (Fsp3) is 0.438. The monoisotopic (exact) mass is 273 g/mol. The summed E-state index contributed by atoms with van der Waals surface area (Å²) in [6.45, 7) is 6.10. The van der Waals surface area contributed by atoms with Crippen molar-refractivity contribution in [2.75, 3.05) is 13.7 Å². The zero-order chi connectivity index (χ0) is 14.4. The number of nitrogens with zero attached hydrogens (tertiary/aromatic N) is 2. The number of para-hydroxylation sites is 1. The van der Waals surface area contributed by atoms with E-state index in [1.54, 1.807) is 7.11 Å². The quantitative estimate of drug-likeness (QED) is 0.843. The molecular weight excluding hydrogens is 250 g/mol. The van der Waals surface area contributed by atoms with E-state index in [9.17, 15) is 0 Å². The molecule has 1 unspecified atom stereocenters. The third-order valence-electron chi connectivity index (χ3n) is 3.36. The second-order valence-electron chi connectivity index (χ2n) is 4.76. The van der Waals surface area contributed by atoms with Crippen LogP contribution in [-0.2, 0) is 6.54 Å². The molecule has 4 heteroatoms. The Balaban J connectivity index is 2.35. The van der Waals surface area contributed by atoms with Crippen LogP contribution in [0.1, 0.15) is 37.4 Å². The first-order valence-electron chi connectivity index (χ1n) is 7.18. The predicted molar refractivity (Wildman–Crippen MR) is 81.0 cm³/mol. The molecule has 0 aliphatic carbocycles. The molecule has 4 nitrogen and oxygen atoms in total. The maximum absolute atomic E-state index is 5.49. The summed E-state index contributed by atoms with van der Waals surface area (Å²) in [7, 11) is 1.71. The van der Waals surface area contributed by atoms with Crippen LogP contribution in [0.15, 0.2) is 36.7 Å². The van der Waals surface area contributed by atoms with Crippen molar-refractivity contribution in [1.82, 2.24) is 15.1 Å². The fourth-order valence-electron chi connectivity index (χ4n) is 2.30. The van der Waals surface area contributed by atoms with Gasteiger partial charge in [-0.1, -0.05) is 25.1 Å². The Bertz CT molecular complexity index is 536. The van der Waals surface area contributed by atoms with Crippen molar-refractivity contribution in [1.29, 1.82) is 0 Å². The molecule has 0 amide bonds. The smallest absolute Gasteiger partial charge is 0.123 e. The van der Waals surface area contributed by atoms with E-state index >= 15 is 0 Å². The van der Waals surface area contributed by atoms with E-state index in [1.165, 1.54) is 5.56 Å². The van der Waals surface area contributed by atoms with E-state index < -0.39 is 0 Å². The molecule has 1 N–H and O–H groups in total. The molecule has 1 aromatic heterocycles.